The standard InChI is InChI=1S/C13H9ClN4O4/c14-9-5-8(12(19)11(6-9)18(21)22)7-16-17-13(20)10-3-1-2-4-15-10/h1-7,19H,(H,17,20)/b16-7+. The molecule has 1 amide bonds. The van der Waals surface area contributed by atoms with Crippen LogP contribution in [0.3, 0.4) is 0 Å². The summed E-state index contributed by atoms with van der Waals surface area (Å²) in [4.78, 5) is 25.5. The number of aromatic hydroxyl groups is 1. The van der Waals surface area contributed by atoms with E-state index in [1.165, 1.54) is 18.3 Å². The molecule has 1 heterocycles. The Morgan fingerprint density at radius 2 is 2.23 bits per heavy atom. The molecule has 112 valence electrons. The molecule has 2 aromatic rings. The monoisotopic (exact) mass is 320 g/mol. The zero-order valence-corrected chi connectivity index (χ0v) is 11.7. The summed E-state index contributed by atoms with van der Waals surface area (Å²) in [6, 6.07) is 7.08. The van der Waals surface area contributed by atoms with Crippen LogP contribution in [0.15, 0.2) is 41.6 Å². The third kappa shape index (κ3) is 3.55. The van der Waals surface area contributed by atoms with Gasteiger partial charge in [-0.15, -0.1) is 0 Å². The Morgan fingerprint density at radius 3 is 2.86 bits per heavy atom. The maximum atomic E-state index is 11.7. The fourth-order valence-corrected chi connectivity index (χ4v) is 1.78. The number of hydrogen-bond acceptors (Lipinski definition) is 6. The summed E-state index contributed by atoms with van der Waals surface area (Å²) < 4.78 is 0. The van der Waals surface area contributed by atoms with Crippen LogP contribution in [0.25, 0.3) is 0 Å². The van der Waals surface area contributed by atoms with Crippen molar-refractivity contribution < 1.29 is 14.8 Å². The molecule has 0 spiro atoms. The normalized spacial score (nSPS) is 10.6. The molecule has 8 nitrogen and oxygen atoms in total. The quantitative estimate of drug-likeness (QED) is 0.508. The minimum absolute atomic E-state index is 0.000482. The van der Waals surface area contributed by atoms with Gasteiger partial charge in [-0.3, -0.25) is 19.9 Å². The van der Waals surface area contributed by atoms with Crippen molar-refractivity contribution in [3.63, 3.8) is 0 Å². The Balaban J connectivity index is 2.17. The second-order valence-electron chi connectivity index (χ2n) is 4.03. The number of phenols is 1. The van der Waals surface area contributed by atoms with Gasteiger partial charge in [0.05, 0.1) is 11.1 Å². The van der Waals surface area contributed by atoms with E-state index in [1.807, 2.05) is 0 Å². The number of carbonyl (C=O) groups is 1. The highest BCUT2D eigenvalue weighted by Gasteiger charge is 2.17. The molecule has 1 aromatic heterocycles. The van der Waals surface area contributed by atoms with Crippen LogP contribution in [0.5, 0.6) is 5.75 Å². The molecule has 0 aliphatic carbocycles. The Hall–Kier alpha value is -3.00. The van der Waals surface area contributed by atoms with Crippen molar-refractivity contribution >= 4 is 29.4 Å². The van der Waals surface area contributed by atoms with Crippen molar-refractivity contribution in [1.29, 1.82) is 0 Å². The average molecular weight is 321 g/mol. The Labute approximate surface area is 129 Å². The smallest absolute Gasteiger partial charge is 0.312 e. The Bertz CT molecular complexity index is 749. The third-order valence-corrected chi connectivity index (χ3v) is 2.77. The molecule has 2 rings (SSSR count). The molecule has 1 aromatic carbocycles. The molecule has 0 aliphatic heterocycles. The van der Waals surface area contributed by atoms with E-state index < -0.39 is 22.3 Å². The molecule has 0 atom stereocenters. The van der Waals surface area contributed by atoms with Gasteiger partial charge >= 0.3 is 5.69 Å². The van der Waals surface area contributed by atoms with Crippen molar-refractivity contribution in [2.24, 2.45) is 5.10 Å². The lowest BCUT2D eigenvalue weighted by Gasteiger charge is -2.02. The van der Waals surface area contributed by atoms with Crippen LogP contribution in [0.4, 0.5) is 5.69 Å². The number of rotatable bonds is 4. The summed E-state index contributed by atoms with van der Waals surface area (Å²) in [5.74, 6) is -1.15. The van der Waals surface area contributed by atoms with E-state index in [-0.39, 0.29) is 16.3 Å². The van der Waals surface area contributed by atoms with E-state index in [9.17, 15) is 20.0 Å². The lowest BCUT2D eigenvalue weighted by Crippen LogP contribution is -2.18. The second-order valence-corrected chi connectivity index (χ2v) is 4.47. The van der Waals surface area contributed by atoms with E-state index in [4.69, 9.17) is 11.6 Å². The minimum Gasteiger partial charge on any atom is -0.502 e. The van der Waals surface area contributed by atoms with Crippen molar-refractivity contribution in [3.05, 3.63) is 62.9 Å². The number of nitrogens with one attached hydrogen (secondary N) is 1. The highest BCUT2D eigenvalue weighted by Crippen LogP contribution is 2.32. The predicted octanol–water partition coefficient (Wildman–Crippen LogP) is 2.11. The van der Waals surface area contributed by atoms with Gasteiger partial charge in [0.1, 0.15) is 5.69 Å². The first-order chi connectivity index (χ1) is 10.5. The molecule has 0 radical (unpaired) electrons. The average Bonchev–Trinajstić information content (AvgIpc) is 2.50. The van der Waals surface area contributed by atoms with Crippen LogP contribution >= 0.6 is 11.6 Å². The predicted molar refractivity (Wildman–Crippen MR) is 79.1 cm³/mol. The SMILES string of the molecule is O=C(N/N=C/c1cc(Cl)cc([N+](=O)[O-])c1O)c1ccccn1. The van der Waals surface area contributed by atoms with E-state index in [0.29, 0.717) is 0 Å². The number of nitrogens with zero attached hydrogens (tertiary/aromatic N) is 3. The summed E-state index contributed by atoms with van der Waals surface area (Å²) in [5.41, 5.74) is 1.79. The van der Waals surface area contributed by atoms with Crippen LogP contribution in [-0.4, -0.2) is 27.1 Å². The number of hydrogen-bond donors (Lipinski definition) is 2. The molecular weight excluding hydrogens is 312 g/mol. The summed E-state index contributed by atoms with van der Waals surface area (Å²) in [5, 5.41) is 24.2. The topological polar surface area (TPSA) is 118 Å². The fraction of sp³-hybridized carbons (Fsp3) is 0. The number of hydrazone groups is 1. The first-order valence-electron chi connectivity index (χ1n) is 5.90. The van der Waals surface area contributed by atoms with Crippen LogP contribution in [0.2, 0.25) is 5.02 Å². The van der Waals surface area contributed by atoms with Crippen LogP contribution < -0.4 is 5.43 Å². The van der Waals surface area contributed by atoms with Gasteiger partial charge in [0.2, 0.25) is 5.75 Å². The summed E-state index contributed by atoms with van der Waals surface area (Å²) in [7, 11) is 0. The molecule has 0 aliphatic rings. The van der Waals surface area contributed by atoms with Crippen molar-refractivity contribution in [2.45, 2.75) is 0 Å². The molecule has 0 bridgehead atoms. The van der Waals surface area contributed by atoms with Gasteiger partial charge in [-0.2, -0.15) is 5.10 Å². The number of carbonyl (C=O) groups excluding carboxylic acids is 1. The van der Waals surface area contributed by atoms with E-state index in [0.717, 1.165) is 12.3 Å². The Morgan fingerprint density at radius 1 is 1.45 bits per heavy atom. The molecule has 22 heavy (non-hydrogen) atoms. The largest absolute Gasteiger partial charge is 0.502 e. The number of halogens is 1. The van der Waals surface area contributed by atoms with Crippen LogP contribution in [0, 0.1) is 10.1 Å². The number of nitro benzene ring substituents is 1. The first kappa shape index (κ1) is 15.4. The lowest BCUT2D eigenvalue weighted by molar-refractivity contribution is -0.385. The van der Waals surface area contributed by atoms with Gasteiger partial charge < -0.3 is 5.11 Å². The van der Waals surface area contributed by atoms with Gasteiger partial charge in [-0.25, -0.2) is 5.43 Å². The van der Waals surface area contributed by atoms with Crippen LogP contribution in [-0.2, 0) is 0 Å². The summed E-state index contributed by atoms with van der Waals surface area (Å²) in [6.07, 6.45) is 2.50. The number of aromatic nitrogens is 1. The molecule has 0 fully saturated rings. The summed E-state index contributed by atoms with van der Waals surface area (Å²) >= 11 is 5.73. The molecule has 9 heteroatoms. The van der Waals surface area contributed by atoms with Gasteiger partial charge in [0.25, 0.3) is 5.91 Å². The summed E-state index contributed by atoms with van der Waals surface area (Å²) in [6.45, 7) is 0. The Kier molecular flexibility index (Phi) is 4.64. The molecule has 2 N–H and O–H groups in total. The molecule has 0 saturated heterocycles. The van der Waals surface area contributed by atoms with Gasteiger partial charge in [0, 0.05) is 22.8 Å². The molecule has 0 saturated carbocycles. The number of phenolic OH excluding ortho intramolecular Hbond substituents is 1. The maximum absolute atomic E-state index is 11.7. The van der Waals surface area contributed by atoms with E-state index in [1.54, 1.807) is 12.1 Å². The van der Waals surface area contributed by atoms with E-state index >= 15 is 0 Å². The highest BCUT2D eigenvalue weighted by molar-refractivity contribution is 6.31. The van der Waals surface area contributed by atoms with Crippen molar-refractivity contribution in [2.75, 3.05) is 0 Å². The zero-order chi connectivity index (χ0) is 16.1. The number of nitro groups is 1. The van der Waals surface area contributed by atoms with Gasteiger partial charge in [-0.05, 0) is 18.2 Å². The maximum Gasteiger partial charge on any atom is 0.312 e. The molecule has 0 unspecified atom stereocenters. The fourth-order valence-electron chi connectivity index (χ4n) is 1.56. The minimum atomic E-state index is -0.773. The third-order valence-electron chi connectivity index (χ3n) is 2.55. The number of benzene rings is 1. The number of pyridine rings is 1. The van der Waals surface area contributed by atoms with Crippen molar-refractivity contribution in [1.82, 2.24) is 10.4 Å². The lowest BCUT2D eigenvalue weighted by atomic mass is 10.2. The van der Waals surface area contributed by atoms with E-state index in [2.05, 4.69) is 15.5 Å². The van der Waals surface area contributed by atoms with Crippen LogP contribution in [0.1, 0.15) is 16.1 Å². The van der Waals surface area contributed by atoms with Crippen molar-refractivity contribution in [3.8, 4) is 5.75 Å². The van der Waals surface area contributed by atoms with Gasteiger partial charge in [0.15, 0.2) is 0 Å². The molecular formula is C13H9ClN4O4. The second kappa shape index (κ2) is 6.64. The van der Waals surface area contributed by atoms with Gasteiger partial charge in [-0.1, -0.05) is 17.7 Å². The number of amides is 1. The zero-order valence-electron chi connectivity index (χ0n) is 10.9. The first-order valence-corrected chi connectivity index (χ1v) is 6.28. The highest BCUT2D eigenvalue weighted by atomic mass is 35.5.